The number of aromatic nitrogens is 1. The molecule has 1 amide bonds. The minimum Gasteiger partial charge on any atom is -0.345 e. The summed E-state index contributed by atoms with van der Waals surface area (Å²) in [4.78, 5) is 15.7. The first-order chi connectivity index (χ1) is 12.2. The van der Waals surface area contributed by atoms with Crippen molar-refractivity contribution in [2.75, 3.05) is 0 Å². The van der Waals surface area contributed by atoms with Crippen LogP contribution in [0.25, 0.3) is 0 Å². The van der Waals surface area contributed by atoms with Gasteiger partial charge in [0, 0.05) is 24.5 Å². The molecule has 0 aliphatic carbocycles. The second-order valence-electron chi connectivity index (χ2n) is 6.28. The molecule has 25 heavy (non-hydrogen) atoms. The second kappa shape index (κ2) is 8.17. The highest BCUT2D eigenvalue weighted by Gasteiger charge is 2.22. The van der Waals surface area contributed by atoms with Crippen molar-refractivity contribution < 1.29 is 4.79 Å². The van der Waals surface area contributed by atoms with Gasteiger partial charge in [-0.2, -0.15) is 0 Å². The van der Waals surface area contributed by atoms with Gasteiger partial charge in [-0.3, -0.25) is 4.79 Å². The number of rotatable bonds is 7. The molecule has 1 aromatic carbocycles. The van der Waals surface area contributed by atoms with Gasteiger partial charge in [-0.05, 0) is 42.5 Å². The molecule has 0 fully saturated rings. The Morgan fingerprint density at radius 1 is 1.12 bits per heavy atom. The summed E-state index contributed by atoms with van der Waals surface area (Å²) < 4.78 is 2.23. The van der Waals surface area contributed by atoms with E-state index in [0.29, 0.717) is 6.54 Å². The van der Waals surface area contributed by atoms with Gasteiger partial charge in [0.2, 0.25) is 0 Å². The summed E-state index contributed by atoms with van der Waals surface area (Å²) in [6, 6.07) is 18.6. The lowest BCUT2D eigenvalue weighted by Crippen LogP contribution is -2.38. The maximum Gasteiger partial charge on any atom is 0.264 e. The van der Waals surface area contributed by atoms with Crippen molar-refractivity contribution >= 4 is 17.2 Å². The molecule has 2 aromatic heterocycles. The van der Waals surface area contributed by atoms with Gasteiger partial charge < -0.3 is 9.47 Å². The number of thiophene rings is 1. The van der Waals surface area contributed by atoms with Crippen LogP contribution in [0.3, 0.4) is 0 Å². The summed E-state index contributed by atoms with van der Waals surface area (Å²) in [6.07, 6.45) is 3.03. The van der Waals surface area contributed by atoms with Gasteiger partial charge in [0.15, 0.2) is 0 Å². The summed E-state index contributed by atoms with van der Waals surface area (Å²) in [5, 5.41) is 1.96. The average molecular weight is 353 g/mol. The lowest BCUT2D eigenvalue weighted by Gasteiger charge is -2.29. The molecule has 0 saturated carbocycles. The van der Waals surface area contributed by atoms with E-state index in [-0.39, 0.29) is 11.9 Å². The number of amides is 1. The van der Waals surface area contributed by atoms with Crippen LogP contribution in [0.4, 0.5) is 0 Å². The maximum atomic E-state index is 12.9. The number of carbonyl (C=O) groups excluding carboxylic acids is 1. The van der Waals surface area contributed by atoms with Crippen molar-refractivity contribution in [3.8, 4) is 0 Å². The second-order valence-corrected chi connectivity index (χ2v) is 7.23. The van der Waals surface area contributed by atoms with Gasteiger partial charge in [0.25, 0.3) is 5.91 Å². The maximum absolute atomic E-state index is 12.9. The molecule has 130 valence electrons. The molecule has 3 nitrogen and oxygen atoms in total. The van der Waals surface area contributed by atoms with E-state index in [1.807, 2.05) is 28.5 Å². The fraction of sp³-hybridized carbons (Fsp3) is 0.286. The summed E-state index contributed by atoms with van der Waals surface area (Å²) in [5.41, 5.74) is 2.42. The van der Waals surface area contributed by atoms with Crippen molar-refractivity contribution in [2.24, 2.45) is 0 Å². The first-order valence-corrected chi connectivity index (χ1v) is 9.59. The Kier molecular flexibility index (Phi) is 5.71. The van der Waals surface area contributed by atoms with E-state index in [4.69, 9.17) is 0 Å². The van der Waals surface area contributed by atoms with Gasteiger partial charge in [0.1, 0.15) is 0 Å². The standard InChI is InChI=1S/C21H24N2OS/c1-3-17(2)23(21(24)20-12-8-14-25-20)16-19-11-7-13-22(19)15-18-9-5-4-6-10-18/h4-14,17H,3,15-16H2,1-2H3. The van der Waals surface area contributed by atoms with E-state index in [0.717, 1.165) is 23.5 Å². The Balaban J connectivity index is 1.81. The van der Waals surface area contributed by atoms with Crippen molar-refractivity contribution in [1.29, 1.82) is 0 Å². The molecular formula is C21H24N2OS. The van der Waals surface area contributed by atoms with Crippen molar-refractivity contribution in [3.05, 3.63) is 82.3 Å². The zero-order valence-electron chi connectivity index (χ0n) is 14.8. The monoisotopic (exact) mass is 352 g/mol. The van der Waals surface area contributed by atoms with Crippen molar-refractivity contribution in [2.45, 2.75) is 39.4 Å². The van der Waals surface area contributed by atoms with E-state index in [9.17, 15) is 4.79 Å². The van der Waals surface area contributed by atoms with Crippen LogP contribution >= 0.6 is 11.3 Å². The molecule has 0 N–H and O–H groups in total. The number of nitrogens with zero attached hydrogens (tertiary/aromatic N) is 2. The van der Waals surface area contributed by atoms with Crippen LogP contribution in [0.1, 0.15) is 41.2 Å². The molecular weight excluding hydrogens is 328 g/mol. The Morgan fingerprint density at radius 2 is 1.92 bits per heavy atom. The van der Waals surface area contributed by atoms with Gasteiger partial charge in [-0.25, -0.2) is 0 Å². The molecule has 0 aliphatic rings. The van der Waals surface area contributed by atoms with Gasteiger partial charge in [-0.1, -0.05) is 43.3 Å². The predicted molar refractivity (Wildman–Crippen MR) is 104 cm³/mol. The molecule has 4 heteroatoms. The van der Waals surface area contributed by atoms with Crippen LogP contribution in [0, 0.1) is 0 Å². The van der Waals surface area contributed by atoms with E-state index in [2.05, 4.69) is 61.0 Å². The molecule has 0 aliphatic heterocycles. The third-order valence-electron chi connectivity index (χ3n) is 4.57. The Morgan fingerprint density at radius 3 is 2.60 bits per heavy atom. The van der Waals surface area contributed by atoms with Gasteiger partial charge in [0.05, 0.1) is 11.4 Å². The minimum atomic E-state index is 0.122. The third kappa shape index (κ3) is 4.20. The van der Waals surface area contributed by atoms with E-state index >= 15 is 0 Å². The van der Waals surface area contributed by atoms with Crippen molar-refractivity contribution in [3.63, 3.8) is 0 Å². The molecule has 1 atom stereocenters. The smallest absolute Gasteiger partial charge is 0.264 e. The molecule has 3 rings (SSSR count). The molecule has 3 aromatic rings. The number of hydrogen-bond acceptors (Lipinski definition) is 2. The largest absolute Gasteiger partial charge is 0.345 e. The highest BCUT2D eigenvalue weighted by molar-refractivity contribution is 7.12. The third-order valence-corrected chi connectivity index (χ3v) is 5.43. The Hall–Kier alpha value is -2.33. The first-order valence-electron chi connectivity index (χ1n) is 8.71. The van der Waals surface area contributed by atoms with Crippen LogP contribution in [-0.2, 0) is 13.1 Å². The topological polar surface area (TPSA) is 25.2 Å². The summed E-state index contributed by atoms with van der Waals surface area (Å²) in [7, 11) is 0. The van der Waals surface area contributed by atoms with Crippen LogP contribution in [0.15, 0.2) is 66.2 Å². The quantitative estimate of drug-likeness (QED) is 0.585. The summed E-state index contributed by atoms with van der Waals surface area (Å²) in [5.74, 6) is 0.122. The predicted octanol–water partition coefficient (Wildman–Crippen LogP) is 5.04. The molecule has 0 radical (unpaired) electrons. The van der Waals surface area contributed by atoms with Gasteiger partial charge in [-0.15, -0.1) is 11.3 Å². The SMILES string of the molecule is CCC(C)N(Cc1cccn1Cc1ccccc1)C(=O)c1cccs1. The zero-order valence-corrected chi connectivity index (χ0v) is 15.6. The highest BCUT2D eigenvalue weighted by atomic mass is 32.1. The molecule has 1 unspecified atom stereocenters. The molecule has 0 saturated heterocycles. The Labute approximate surface area is 153 Å². The Bertz CT molecular complexity index is 792. The van der Waals surface area contributed by atoms with Gasteiger partial charge >= 0.3 is 0 Å². The lowest BCUT2D eigenvalue weighted by molar-refractivity contribution is 0.0672. The number of hydrogen-bond donors (Lipinski definition) is 0. The zero-order chi connectivity index (χ0) is 17.6. The normalized spacial score (nSPS) is 12.1. The summed E-state index contributed by atoms with van der Waals surface area (Å²) in [6.45, 7) is 5.70. The number of benzene rings is 1. The fourth-order valence-electron chi connectivity index (χ4n) is 2.89. The van der Waals surface area contributed by atoms with Crippen LogP contribution in [-0.4, -0.2) is 21.4 Å². The van der Waals surface area contributed by atoms with E-state index < -0.39 is 0 Å². The number of carbonyl (C=O) groups is 1. The molecule has 2 heterocycles. The summed E-state index contributed by atoms with van der Waals surface area (Å²) >= 11 is 1.51. The molecule has 0 bridgehead atoms. The lowest BCUT2D eigenvalue weighted by atomic mass is 10.2. The van der Waals surface area contributed by atoms with E-state index in [1.165, 1.54) is 16.9 Å². The van der Waals surface area contributed by atoms with Crippen molar-refractivity contribution in [1.82, 2.24) is 9.47 Å². The highest BCUT2D eigenvalue weighted by Crippen LogP contribution is 2.19. The average Bonchev–Trinajstić information content (AvgIpc) is 3.31. The van der Waals surface area contributed by atoms with Crippen LogP contribution in [0.2, 0.25) is 0 Å². The van der Waals surface area contributed by atoms with Crippen LogP contribution in [0.5, 0.6) is 0 Å². The fourth-order valence-corrected chi connectivity index (χ4v) is 3.57. The molecule has 0 spiro atoms. The van der Waals surface area contributed by atoms with E-state index in [1.54, 1.807) is 0 Å². The first kappa shape index (κ1) is 17.5. The minimum absolute atomic E-state index is 0.122. The van der Waals surface area contributed by atoms with Crippen LogP contribution < -0.4 is 0 Å².